The van der Waals surface area contributed by atoms with Crippen molar-refractivity contribution in [2.45, 2.75) is 50.4 Å². The number of hydrogen-bond acceptors (Lipinski definition) is 3. The Hall–Kier alpha value is -1.88. The molecule has 2 aliphatic rings. The van der Waals surface area contributed by atoms with E-state index >= 15 is 0 Å². The summed E-state index contributed by atoms with van der Waals surface area (Å²) in [5.74, 6) is 2.13. The van der Waals surface area contributed by atoms with E-state index in [0.29, 0.717) is 24.2 Å². The van der Waals surface area contributed by atoms with Crippen LogP contribution in [0, 0.1) is 17.7 Å². The molecule has 2 N–H and O–H groups in total. The van der Waals surface area contributed by atoms with Gasteiger partial charge in [-0.05, 0) is 104 Å². The monoisotopic (exact) mass is 462 g/mol. The van der Waals surface area contributed by atoms with E-state index in [1.165, 1.54) is 6.07 Å². The number of ether oxygens (including phenoxy) is 2. The van der Waals surface area contributed by atoms with E-state index in [2.05, 4.69) is 0 Å². The van der Waals surface area contributed by atoms with Crippen LogP contribution in [0.3, 0.4) is 0 Å². The maximum absolute atomic E-state index is 14.3. The molecule has 2 aliphatic carbocycles. The van der Waals surface area contributed by atoms with E-state index < -0.39 is 7.60 Å². The fraction of sp³-hybridized carbons (Fsp3) is 0.520. The van der Waals surface area contributed by atoms with Crippen molar-refractivity contribution in [1.29, 1.82) is 0 Å². The Kier molecular flexibility index (Phi) is 7.24. The van der Waals surface area contributed by atoms with Crippen LogP contribution in [0.2, 0.25) is 0 Å². The Balaban J connectivity index is 1.32. The molecule has 5 nitrogen and oxygen atoms in total. The summed E-state index contributed by atoms with van der Waals surface area (Å²) in [6.07, 6.45) is 5.73. The molecule has 32 heavy (non-hydrogen) atoms. The minimum Gasteiger partial charge on any atom is -0.497 e. The third kappa shape index (κ3) is 6.12. The molecular weight excluding hydrogens is 430 g/mol. The maximum Gasteiger partial charge on any atom is 0.326 e. The van der Waals surface area contributed by atoms with E-state index in [4.69, 9.17) is 9.47 Å². The van der Waals surface area contributed by atoms with E-state index in [9.17, 15) is 18.7 Å². The van der Waals surface area contributed by atoms with Gasteiger partial charge in [0.2, 0.25) is 0 Å². The van der Waals surface area contributed by atoms with E-state index in [0.717, 1.165) is 55.4 Å². The Labute approximate surface area is 189 Å². The maximum atomic E-state index is 14.3. The van der Waals surface area contributed by atoms with Gasteiger partial charge in [0.15, 0.2) is 0 Å². The molecule has 1 atom stereocenters. The van der Waals surface area contributed by atoms with Crippen molar-refractivity contribution in [3.63, 3.8) is 0 Å². The quantitative estimate of drug-likeness (QED) is 0.457. The van der Waals surface area contributed by atoms with Crippen molar-refractivity contribution in [2.24, 2.45) is 11.8 Å². The fourth-order valence-corrected chi connectivity index (χ4v) is 5.95. The van der Waals surface area contributed by atoms with E-state index in [1.807, 2.05) is 30.3 Å². The standard InChI is InChI=1S/C25H32FO5P/c1-30-21-11-12-25(26)23(14-21)18-7-5-17(6-8-18)15-31-22-4-2-3-20(13-22)24(19-9-10-19)16-32(27,28)29/h2-4,11-14,17-19,24H,5-10,15-16H2,1H3,(H2,27,28,29)/t17-,18-,24-/m0/s1. The zero-order chi connectivity index (χ0) is 22.7. The van der Waals surface area contributed by atoms with Gasteiger partial charge in [0.1, 0.15) is 17.3 Å². The second-order valence-corrected chi connectivity index (χ2v) is 11.0. The highest BCUT2D eigenvalue weighted by Gasteiger charge is 2.36. The molecule has 0 saturated heterocycles. The summed E-state index contributed by atoms with van der Waals surface area (Å²) in [6, 6.07) is 12.6. The number of hydrogen-bond donors (Lipinski definition) is 2. The molecule has 0 aromatic heterocycles. The van der Waals surface area contributed by atoms with Crippen molar-refractivity contribution in [3.05, 3.63) is 59.4 Å². The zero-order valence-electron chi connectivity index (χ0n) is 18.5. The van der Waals surface area contributed by atoms with Crippen molar-refractivity contribution >= 4 is 7.60 Å². The van der Waals surface area contributed by atoms with Crippen LogP contribution >= 0.6 is 7.60 Å². The number of benzene rings is 2. The molecule has 4 rings (SSSR count). The summed E-state index contributed by atoms with van der Waals surface area (Å²) in [5, 5.41) is 0. The van der Waals surface area contributed by atoms with Gasteiger partial charge >= 0.3 is 7.60 Å². The highest BCUT2D eigenvalue weighted by Crippen LogP contribution is 2.50. The van der Waals surface area contributed by atoms with Gasteiger partial charge in [-0.2, -0.15) is 0 Å². The third-order valence-electron chi connectivity index (χ3n) is 6.89. The SMILES string of the molecule is COc1ccc(F)c([C@H]2CC[C@H](COc3cccc([C@@H](CP(=O)(O)O)C4CC4)c3)CC2)c1. The van der Waals surface area contributed by atoms with Crippen molar-refractivity contribution in [2.75, 3.05) is 19.9 Å². The minimum absolute atomic E-state index is 0.105. The predicted octanol–water partition coefficient (Wildman–Crippen LogP) is 5.86. The number of rotatable bonds is 9. The van der Waals surface area contributed by atoms with Crippen LogP contribution in [0.5, 0.6) is 11.5 Å². The van der Waals surface area contributed by atoms with Crippen LogP contribution in [0.4, 0.5) is 4.39 Å². The lowest BCUT2D eigenvalue weighted by atomic mass is 9.79. The highest BCUT2D eigenvalue weighted by molar-refractivity contribution is 7.51. The normalized spacial score (nSPS) is 22.4. The van der Waals surface area contributed by atoms with E-state index in [1.54, 1.807) is 13.2 Å². The van der Waals surface area contributed by atoms with Crippen LogP contribution in [0.1, 0.15) is 61.5 Å². The van der Waals surface area contributed by atoms with Crippen LogP contribution in [-0.2, 0) is 4.57 Å². The first kappa shape index (κ1) is 23.3. The van der Waals surface area contributed by atoms with Crippen molar-refractivity contribution in [1.82, 2.24) is 0 Å². The summed E-state index contributed by atoms with van der Waals surface area (Å²) in [6.45, 7) is 0.601. The first-order valence-electron chi connectivity index (χ1n) is 11.4. The molecule has 0 aliphatic heterocycles. The molecule has 2 fully saturated rings. The predicted molar refractivity (Wildman–Crippen MR) is 122 cm³/mol. The molecule has 0 unspecified atom stereocenters. The first-order valence-corrected chi connectivity index (χ1v) is 13.2. The first-order chi connectivity index (χ1) is 15.3. The van der Waals surface area contributed by atoms with Crippen LogP contribution in [0.15, 0.2) is 42.5 Å². The largest absolute Gasteiger partial charge is 0.497 e. The van der Waals surface area contributed by atoms with Crippen LogP contribution < -0.4 is 9.47 Å². The second-order valence-electron chi connectivity index (χ2n) is 9.28. The van der Waals surface area contributed by atoms with Crippen LogP contribution in [0.25, 0.3) is 0 Å². The third-order valence-corrected chi connectivity index (χ3v) is 7.76. The van der Waals surface area contributed by atoms with Crippen molar-refractivity contribution in [3.8, 4) is 11.5 Å². The summed E-state index contributed by atoms with van der Waals surface area (Å²) in [4.78, 5) is 18.9. The van der Waals surface area contributed by atoms with Gasteiger partial charge in [0.05, 0.1) is 19.9 Å². The second kappa shape index (κ2) is 9.94. The molecule has 0 amide bonds. The van der Waals surface area contributed by atoms with Gasteiger partial charge in [-0.1, -0.05) is 12.1 Å². The molecule has 7 heteroatoms. The van der Waals surface area contributed by atoms with Gasteiger partial charge in [0.25, 0.3) is 0 Å². The molecule has 0 bridgehead atoms. The topological polar surface area (TPSA) is 76.0 Å². The molecular formula is C25H32FO5P. The van der Waals surface area contributed by atoms with Crippen LogP contribution in [-0.4, -0.2) is 29.7 Å². The minimum atomic E-state index is -4.07. The Morgan fingerprint density at radius 2 is 1.78 bits per heavy atom. The number of methoxy groups -OCH3 is 1. The van der Waals surface area contributed by atoms with Gasteiger partial charge in [-0.3, -0.25) is 4.57 Å². The van der Waals surface area contributed by atoms with Gasteiger partial charge < -0.3 is 19.3 Å². The molecule has 0 radical (unpaired) electrons. The van der Waals surface area contributed by atoms with Crippen molar-refractivity contribution < 1.29 is 28.2 Å². The average Bonchev–Trinajstić information content (AvgIpc) is 3.62. The smallest absolute Gasteiger partial charge is 0.326 e. The molecule has 0 heterocycles. The highest BCUT2D eigenvalue weighted by atomic mass is 31.2. The molecule has 2 aromatic rings. The summed E-state index contributed by atoms with van der Waals surface area (Å²) >= 11 is 0. The molecule has 0 spiro atoms. The van der Waals surface area contributed by atoms with E-state index in [-0.39, 0.29) is 23.8 Å². The Bertz CT molecular complexity index is 963. The van der Waals surface area contributed by atoms with Gasteiger partial charge in [-0.15, -0.1) is 0 Å². The average molecular weight is 462 g/mol. The lowest BCUT2D eigenvalue weighted by Crippen LogP contribution is -2.20. The molecule has 2 aromatic carbocycles. The molecule has 174 valence electrons. The van der Waals surface area contributed by atoms with Gasteiger partial charge in [0, 0.05) is 0 Å². The molecule has 2 saturated carbocycles. The number of halogens is 1. The summed E-state index contributed by atoms with van der Waals surface area (Å²) < 4.78 is 37.2. The van der Waals surface area contributed by atoms with Gasteiger partial charge in [-0.25, -0.2) is 4.39 Å². The zero-order valence-corrected chi connectivity index (χ0v) is 19.3. The Morgan fingerprint density at radius 3 is 2.44 bits per heavy atom. The summed E-state index contributed by atoms with van der Waals surface area (Å²) in [5.41, 5.74) is 1.69. The fourth-order valence-electron chi connectivity index (χ4n) is 4.93. The lowest BCUT2D eigenvalue weighted by Gasteiger charge is -2.29. The summed E-state index contributed by atoms with van der Waals surface area (Å²) in [7, 11) is -2.47. The Morgan fingerprint density at radius 1 is 1.03 bits per heavy atom. The lowest BCUT2D eigenvalue weighted by molar-refractivity contribution is 0.199.